The lowest BCUT2D eigenvalue weighted by Crippen LogP contribution is -2.42. The number of benzene rings is 1. The van der Waals surface area contributed by atoms with Crippen molar-refractivity contribution in [3.63, 3.8) is 0 Å². The predicted octanol–water partition coefficient (Wildman–Crippen LogP) is 3.23. The molecule has 0 saturated heterocycles. The normalized spacial score (nSPS) is 11.9. The Kier molecular flexibility index (Phi) is 7.61. The first kappa shape index (κ1) is 21.2. The molecule has 2 amide bonds. The van der Waals surface area contributed by atoms with E-state index in [0.717, 1.165) is 18.4 Å². The maximum absolute atomic E-state index is 12.3. The maximum Gasteiger partial charge on any atom is 0.313 e. The molecule has 3 N–H and O–H groups in total. The Hall–Kier alpha value is -1.88. The van der Waals surface area contributed by atoms with Gasteiger partial charge in [0, 0.05) is 18.8 Å². The summed E-state index contributed by atoms with van der Waals surface area (Å²) in [5, 5.41) is 14.7. The summed E-state index contributed by atoms with van der Waals surface area (Å²) in [5.41, 5.74) is 1.32. The number of aliphatic hydroxyl groups excluding tert-OH is 1. The van der Waals surface area contributed by atoms with E-state index in [1.54, 1.807) is 6.07 Å². The summed E-state index contributed by atoms with van der Waals surface area (Å²) < 4.78 is 0. The molecule has 0 unspecified atom stereocenters. The standard InChI is InChI=1S/C20H32N2O3/c1-6-20(7-2,12-13-23)14-21-17(24)18(25)22-16-11-9-8-10-15(16)19(3,4)5/h8-11,23H,6-7,12-14H2,1-5H3,(H,21,24)(H,22,25). The molecular weight excluding hydrogens is 316 g/mol. The van der Waals surface area contributed by atoms with Gasteiger partial charge in [-0.3, -0.25) is 9.59 Å². The molecule has 0 bridgehead atoms. The number of rotatable bonds is 7. The van der Waals surface area contributed by atoms with Crippen LogP contribution in [-0.2, 0) is 15.0 Å². The highest BCUT2D eigenvalue weighted by molar-refractivity contribution is 6.39. The minimum absolute atomic E-state index is 0.0721. The summed E-state index contributed by atoms with van der Waals surface area (Å²) in [6.07, 6.45) is 2.27. The average molecular weight is 348 g/mol. The summed E-state index contributed by atoms with van der Waals surface area (Å²) in [5.74, 6) is -1.31. The van der Waals surface area contributed by atoms with Gasteiger partial charge in [0.25, 0.3) is 0 Å². The van der Waals surface area contributed by atoms with Gasteiger partial charge in [0.2, 0.25) is 0 Å². The fourth-order valence-corrected chi connectivity index (χ4v) is 2.95. The molecule has 0 radical (unpaired) electrons. The van der Waals surface area contributed by atoms with Crippen LogP contribution in [0.4, 0.5) is 5.69 Å². The van der Waals surface area contributed by atoms with Crippen LogP contribution in [0, 0.1) is 5.41 Å². The zero-order valence-electron chi connectivity index (χ0n) is 16.1. The minimum Gasteiger partial charge on any atom is -0.396 e. The van der Waals surface area contributed by atoms with Crippen LogP contribution < -0.4 is 10.6 Å². The Morgan fingerprint density at radius 3 is 2.16 bits per heavy atom. The van der Waals surface area contributed by atoms with Crippen molar-refractivity contribution in [3.8, 4) is 0 Å². The first-order valence-corrected chi connectivity index (χ1v) is 8.98. The second-order valence-corrected chi connectivity index (χ2v) is 7.61. The number of anilines is 1. The van der Waals surface area contributed by atoms with Gasteiger partial charge in [-0.15, -0.1) is 0 Å². The van der Waals surface area contributed by atoms with Crippen molar-refractivity contribution in [1.82, 2.24) is 5.32 Å². The highest BCUT2D eigenvalue weighted by Crippen LogP contribution is 2.30. The largest absolute Gasteiger partial charge is 0.396 e. The van der Waals surface area contributed by atoms with E-state index in [2.05, 4.69) is 31.4 Å². The van der Waals surface area contributed by atoms with Crippen molar-refractivity contribution in [1.29, 1.82) is 0 Å². The van der Waals surface area contributed by atoms with Crippen molar-refractivity contribution in [2.45, 2.75) is 59.3 Å². The van der Waals surface area contributed by atoms with Gasteiger partial charge in [0.15, 0.2) is 0 Å². The summed E-state index contributed by atoms with van der Waals surface area (Å²) in [6.45, 7) is 10.7. The molecule has 0 aliphatic heterocycles. The molecule has 1 aromatic carbocycles. The fraction of sp³-hybridized carbons (Fsp3) is 0.600. The van der Waals surface area contributed by atoms with Crippen LogP contribution in [0.15, 0.2) is 24.3 Å². The van der Waals surface area contributed by atoms with E-state index >= 15 is 0 Å². The molecule has 1 rings (SSSR count). The van der Waals surface area contributed by atoms with Crippen LogP contribution in [-0.4, -0.2) is 30.1 Å². The zero-order valence-corrected chi connectivity index (χ0v) is 16.1. The number of para-hydroxylation sites is 1. The van der Waals surface area contributed by atoms with Gasteiger partial charge in [-0.25, -0.2) is 0 Å². The summed E-state index contributed by atoms with van der Waals surface area (Å²) in [6, 6.07) is 7.51. The number of carbonyl (C=O) groups is 2. The van der Waals surface area contributed by atoms with E-state index in [1.807, 2.05) is 32.0 Å². The van der Waals surface area contributed by atoms with Gasteiger partial charge in [-0.2, -0.15) is 0 Å². The van der Waals surface area contributed by atoms with Crippen LogP contribution in [0.2, 0.25) is 0 Å². The lowest BCUT2D eigenvalue weighted by molar-refractivity contribution is -0.136. The van der Waals surface area contributed by atoms with Crippen LogP contribution >= 0.6 is 0 Å². The van der Waals surface area contributed by atoms with Crippen molar-refractivity contribution in [3.05, 3.63) is 29.8 Å². The van der Waals surface area contributed by atoms with Gasteiger partial charge >= 0.3 is 11.8 Å². The zero-order chi connectivity index (χ0) is 19.1. The number of aliphatic hydroxyl groups is 1. The van der Waals surface area contributed by atoms with Gasteiger partial charge in [0.1, 0.15) is 0 Å². The molecule has 25 heavy (non-hydrogen) atoms. The molecule has 5 nitrogen and oxygen atoms in total. The molecule has 0 spiro atoms. The molecule has 140 valence electrons. The van der Waals surface area contributed by atoms with E-state index in [0.29, 0.717) is 18.7 Å². The number of hydrogen-bond donors (Lipinski definition) is 3. The van der Waals surface area contributed by atoms with E-state index in [9.17, 15) is 14.7 Å². The van der Waals surface area contributed by atoms with Crippen molar-refractivity contribution in [2.75, 3.05) is 18.5 Å². The Morgan fingerprint density at radius 2 is 1.64 bits per heavy atom. The lowest BCUT2D eigenvalue weighted by atomic mass is 9.79. The van der Waals surface area contributed by atoms with E-state index in [1.165, 1.54) is 0 Å². The summed E-state index contributed by atoms with van der Waals surface area (Å²) >= 11 is 0. The van der Waals surface area contributed by atoms with Gasteiger partial charge < -0.3 is 15.7 Å². The number of hydrogen-bond acceptors (Lipinski definition) is 3. The average Bonchev–Trinajstić information content (AvgIpc) is 2.58. The molecule has 0 heterocycles. The summed E-state index contributed by atoms with van der Waals surface area (Å²) in [7, 11) is 0. The topological polar surface area (TPSA) is 78.4 Å². The third-order valence-corrected chi connectivity index (χ3v) is 4.96. The second-order valence-electron chi connectivity index (χ2n) is 7.61. The van der Waals surface area contributed by atoms with Gasteiger partial charge in [-0.05, 0) is 41.7 Å². The number of nitrogens with one attached hydrogen (secondary N) is 2. The van der Waals surface area contributed by atoms with Gasteiger partial charge in [-0.1, -0.05) is 52.8 Å². The molecular formula is C20H32N2O3. The van der Waals surface area contributed by atoms with Crippen molar-refractivity contribution >= 4 is 17.5 Å². The molecule has 0 aliphatic rings. The minimum atomic E-state index is -0.665. The van der Waals surface area contributed by atoms with Crippen molar-refractivity contribution in [2.24, 2.45) is 5.41 Å². The highest BCUT2D eigenvalue weighted by Gasteiger charge is 2.28. The Bertz CT molecular complexity index is 587. The predicted molar refractivity (Wildman–Crippen MR) is 101 cm³/mol. The Balaban J connectivity index is 2.77. The Labute approximate surface area is 151 Å². The van der Waals surface area contributed by atoms with Gasteiger partial charge in [0.05, 0.1) is 0 Å². The first-order chi connectivity index (χ1) is 11.7. The monoisotopic (exact) mass is 348 g/mol. The van der Waals surface area contributed by atoms with E-state index in [4.69, 9.17) is 0 Å². The third-order valence-electron chi connectivity index (χ3n) is 4.96. The second kappa shape index (κ2) is 8.99. The van der Waals surface area contributed by atoms with E-state index < -0.39 is 11.8 Å². The molecule has 0 saturated carbocycles. The number of amides is 2. The smallest absolute Gasteiger partial charge is 0.313 e. The molecule has 0 aromatic heterocycles. The molecule has 0 aliphatic carbocycles. The van der Waals surface area contributed by atoms with E-state index in [-0.39, 0.29) is 17.4 Å². The van der Waals surface area contributed by atoms with Crippen molar-refractivity contribution < 1.29 is 14.7 Å². The molecule has 1 aromatic rings. The Morgan fingerprint density at radius 1 is 1.04 bits per heavy atom. The van der Waals surface area contributed by atoms with Crippen LogP contribution in [0.1, 0.15) is 59.4 Å². The van der Waals surface area contributed by atoms with Crippen LogP contribution in [0.5, 0.6) is 0 Å². The maximum atomic E-state index is 12.3. The number of carbonyl (C=O) groups excluding carboxylic acids is 2. The highest BCUT2D eigenvalue weighted by atomic mass is 16.3. The molecule has 5 heteroatoms. The third kappa shape index (κ3) is 5.85. The quantitative estimate of drug-likeness (QED) is 0.662. The lowest BCUT2D eigenvalue weighted by Gasteiger charge is -2.31. The SMILES string of the molecule is CCC(CC)(CCO)CNC(=O)C(=O)Nc1ccccc1C(C)(C)C. The summed E-state index contributed by atoms with van der Waals surface area (Å²) in [4.78, 5) is 24.5. The van der Waals surface area contributed by atoms with Crippen LogP contribution in [0.25, 0.3) is 0 Å². The first-order valence-electron chi connectivity index (χ1n) is 8.98. The van der Waals surface area contributed by atoms with Crippen LogP contribution in [0.3, 0.4) is 0 Å². The molecule has 0 fully saturated rings. The fourth-order valence-electron chi connectivity index (χ4n) is 2.95. The molecule has 0 atom stereocenters.